The molecule has 0 amide bonds. The molecule has 0 atom stereocenters. The van der Waals surface area contributed by atoms with Gasteiger partial charge in [0.1, 0.15) is 5.52 Å². The van der Waals surface area contributed by atoms with Crippen LogP contribution in [0.1, 0.15) is 12.5 Å². The molecule has 0 radical (unpaired) electrons. The molecule has 4 rings (SSSR count). The molecule has 0 aliphatic heterocycles. The summed E-state index contributed by atoms with van der Waals surface area (Å²) in [6, 6.07) is 14.1. The number of aliphatic hydroxyl groups is 2. The predicted octanol–water partition coefficient (Wildman–Crippen LogP) is 2.53. The highest BCUT2D eigenvalue weighted by molar-refractivity contribution is 6.06. The average Bonchev–Trinajstić information content (AvgIpc) is 2.96. The average molecular weight is 387 g/mol. The van der Waals surface area contributed by atoms with Crippen molar-refractivity contribution < 1.29 is 10.2 Å². The molecule has 0 spiro atoms. The van der Waals surface area contributed by atoms with Gasteiger partial charge in [-0.1, -0.05) is 24.3 Å². The number of benzene rings is 2. The van der Waals surface area contributed by atoms with E-state index in [1.165, 1.54) is 0 Å². The van der Waals surface area contributed by atoms with Crippen molar-refractivity contribution in [3.05, 3.63) is 48.0 Å². The van der Waals surface area contributed by atoms with Crippen LogP contribution in [0.2, 0.25) is 0 Å². The number of nitrogens with one attached hydrogen (secondary N) is 1. The van der Waals surface area contributed by atoms with Crippen molar-refractivity contribution in [2.75, 3.05) is 13.2 Å². The van der Waals surface area contributed by atoms with Crippen LogP contribution in [-0.2, 0) is 13.6 Å². The second kappa shape index (κ2) is 7.40. The molecular formula is C20H23ClN4O2. The fraction of sp³-hybridized carbons (Fsp3) is 0.300. The number of aliphatic hydroxyl groups excluding tert-OH is 2. The van der Waals surface area contributed by atoms with E-state index < -0.39 is 5.54 Å². The molecule has 7 heteroatoms. The molecule has 3 N–H and O–H groups in total. The molecule has 142 valence electrons. The summed E-state index contributed by atoms with van der Waals surface area (Å²) in [6.45, 7) is 2.05. The zero-order valence-corrected chi connectivity index (χ0v) is 16.1. The summed E-state index contributed by atoms with van der Waals surface area (Å²) in [5, 5.41) is 23.1. The first kappa shape index (κ1) is 19.5. The number of aryl methyl sites for hydroxylation is 1. The Labute approximate surface area is 163 Å². The van der Waals surface area contributed by atoms with Crippen LogP contribution in [0.5, 0.6) is 0 Å². The van der Waals surface area contributed by atoms with Gasteiger partial charge in [-0.2, -0.15) is 0 Å². The number of rotatable bonds is 5. The standard InChI is InChI=1S/C20H22N4O2.ClH/c1-20(11-25,12-26)21-10-13-7-8-15-16(9-13)22-18-14-5-3-4-6-17(14)24(2)19(18)23-15;/h3-9,21,25-26H,10-12H2,1-2H3;1H. The minimum atomic E-state index is -0.708. The van der Waals surface area contributed by atoms with E-state index in [9.17, 15) is 10.2 Å². The normalized spacial score (nSPS) is 12.0. The minimum absolute atomic E-state index is 0. The molecule has 0 bridgehead atoms. The highest BCUT2D eigenvalue weighted by Crippen LogP contribution is 2.27. The van der Waals surface area contributed by atoms with Gasteiger partial charge in [-0.3, -0.25) is 0 Å². The Morgan fingerprint density at radius 3 is 2.52 bits per heavy atom. The van der Waals surface area contributed by atoms with Crippen molar-refractivity contribution in [2.24, 2.45) is 7.05 Å². The predicted molar refractivity (Wildman–Crippen MR) is 110 cm³/mol. The van der Waals surface area contributed by atoms with Gasteiger partial charge >= 0.3 is 0 Å². The zero-order valence-electron chi connectivity index (χ0n) is 15.3. The van der Waals surface area contributed by atoms with Crippen molar-refractivity contribution in [1.82, 2.24) is 19.9 Å². The van der Waals surface area contributed by atoms with E-state index in [0.29, 0.717) is 6.54 Å². The van der Waals surface area contributed by atoms with Gasteiger partial charge in [-0.15, -0.1) is 12.4 Å². The molecule has 0 aliphatic carbocycles. The van der Waals surface area contributed by atoms with E-state index in [1.807, 2.05) is 37.4 Å². The molecule has 27 heavy (non-hydrogen) atoms. The number of aromatic nitrogens is 3. The van der Waals surface area contributed by atoms with E-state index in [0.717, 1.165) is 38.7 Å². The third-order valence-electron chi connectivity index (χ3n) is 4.97. The second-order valence-corrected chi connectivity index (χ2v) is 7.03. The summed E-state index contributed by atoms with van der Waals surface area (Å²) < 4.78 is 2.07. The van der Waals surface area contributed by atoms with Gasteiger partial charge < -0.3 is 20.1 Å². The lowest BCUT2D eigenvalue weighted by atomic mass is 10.0. The van der Waals surface area contributed by atoms with Crippen LogP contribution in [0, 0.1) is 0 Å². The third-order valence-corrected chi connectivity index (χ3v) is 4.97. The van der Waals surface area contributed by atoms with Crippen LogP contribution in [-0.4, -0.2) is 43.5 Å². The fourth-order valence-corrected chi connectivity index (χ4v) is 3.17. The molecular weight excluding hydrogens is 364 g/mol. The van der Waals surface area contributed by atoms with Crippen molar-refractivity contribution in [3.8, 4) is 0 Å². The maximum absolute atomic E-state index is 9.41. The molecule has 0 aliphatic rings. The summed E-state index contributed by atoms with van der Waals surface area (Å²) in [5.74, 6) is 0. The lowest BCUT2D eigenvalue weighted by Crippen LogP contribution is -2.48. The fourth-order valence-electron chi connectivity index (χ4n) is 3.17. The summed E-state index contributed by atoms with van der Waals surface area (Å²) in [6.07, 6.45) is 0. The van der Waals surface area contributed by atoms with Crippen molar-refractivity contribution >= 4 is 45.5 Å². The molecule has 0 fully saturated rings. The monoisotopic (exact) mass is 386 g/mol. The molecule has 0 unspecified atom stereocenters. The Morgan fingerprint density at radius 1 is 1.04 bits per heavy atom. The van der Waals surface area contributed by atoms with Crippen molar-refractivity contribution in [3.63, 3.8) is 0 Å². The van der Waals surface area contributed by atoms with Crippen LogP contribution in [0.15, 0.2) is 42.5 Å². The van der Waals surface area contributed by atoms with Crippen molar-refractivity contribution in [1.29, 1.82) is 0 Å². The summed E-state index contributed by atoms with van der Waals surface area (Å²) >= 11 is 0. The van der Waals surface area contributed by atoms with E-state index >= 15 is 0 Å². The van der Waals surface area contributed by atoms with Crippen molar-refractivity contribution in [2.45, 2.75) is 19.0 Å². The number of para-hydroxylation sites is 1. The molecule has 0 saturated carbocycles. The Balaban J connectivity index is 0.00000210. The maximum atomic E-state index is 9.41. The summed E-state index contributed by atoms with van der Waals surface area (Å²) in [5.41, 5.74) is 4.89. The maximum Gasteiger partial charge on any atom is 0.160 e. The zero-order chi connectivity index (χ0) is 18.3. The van der Waals surface area contributed by atoms with Crippen LogP contribution in [0.4, 0.5) is 0 Å². The number of hydrogen-bond acceptors (Lipinski definition) is 5. The van der Waals surface area contributed by atoms with Gasteiger partial charge in [0.2, 0.25) is 0 Å². The Kier molecular flexibility index (Phi) is 5.35. The Morgan fingerprint density at radius 2 is 1.78 bits per heavy atom. The highest BCUT2D eigenvalue weighted by Gasteiger charge is 2.21. The summed E-state index contributed by atoms with van der Waals surface area (Å²) in [7, 11) is 2.01. The summed E-state index contributed by atoms with van der Waals surface area (Å²) in [4.78, 5) is 9.66. The topological polar surface area (TPSA) is 83.2 Å². The molecule has 6 nitrogen and oxygen atoms in total. The van der Waals surface area contributed by atoms with Crippen LogP contribution in [0.25, 0.3) is 33.1 Å². The Bertz CT molecular complexity index is 1110. The smallest absolute Gasteiger partial charge is 0.160 e. The van der Waals surface area contributed by atoms with Gasteiger partial charge in [0.25, 0.3) is 0 Å². The second-order valence-electron chi connectivity index (χ2n) is 7.03. The first-order valence-electron chi connectivity index (χ1n) is 8.65. The van der Waals surface area contributed by atoms with E-state index in [2.05, 4.69) is 22.0 Å². The first-order valence-corrected chi connectivity index (χ1v) is 8.65. The van der Waals surface area contributed by atoms with E-state index in [4.69, 9.17) is 9.97 Å². The lowest BCUT2D eigenvalue weighted by molar-refractivity contribution is 0.103. The molecule has 2 aromatic heterocycles. The minimum Gasteiger partial charge on any atom is -0.394 e. The van der Waals surface area contributed by atoms with E-state index in [1.54, 1.807) is 6.92 Å². The number of hydrogen-bond donors (Lipinski definition) is 3. The number of fused-ring (bicyclic) bond motifs is 4. The van der Waals surface area contributed by atoms with Gasteiger partial charge in [-0.05, 0) is 30.7 Å². The van der Waals surface area contributed by atoms with Gasteiger partial charge in [-0.25, -0.2) is 9.97 Å². The highest BCUT2D eigenvalue weighted by atomic mass is 35.5. The Hall–Kier alpha value is -2.25. The first-order chi connectivity index (χ1) is 12.5. The SMILES string of the molecule is Cl.Cn1c2ccccc2c2nc3cc(CNC(C)(CO)CO)ccc3nc21. The van der Waals surface area contributed by atoms with Gasteiger partial charge in [0.05, 0.1) is 35.3 Å². The number of halogens is 1. The lowest BCUT2D eigenvalue weighted by Gasteiger charge is -2.26. The van der Waals surface area contributed by atoms with Crippen LogP contribution < -0.4 is 5.32 Å². The molecule has 4 aromatic rings. The van der Waals surface area contributed by atoms with Crippen LogP contribution in [0.3, 0.4) is 0 Å². The third kappa shape index (κ3) is 3.37. The van der Waals surface area contributed by atoms with Gasteiger partial charge in [0.15, 0.2) is 5.65 Å². The van der Waals surface area contributed by atoms with Crippen LogP contribution >= 0.6 is 12.4 Å². The molecule has 0 saturated heterocycles. The quantitative estimate of drug-likeness (QED) is 0.491. The largest absolute Gasteiger partial charge is 0.394 e. The number of nitrogens with zero attached hydrogens (tertiary/aromatic N) is 3. The van der Waals surface area contributed by atoms with Gasteiger partial charge in [0, 0.05) is 19.0 Å². The molecule has 2 heterocycles. The van der Waals surface area contributed by atoms with E-state index in [-0.39, 0.29) is 25.6 Å². The molecule has 2 aromatic carbocycles.